The molecule has 2 fully saturated rings. The summed E-state index contributed by atoms with van der Waals surface area (Å²) in [6.45, 7) is 5.84. The van der Waals surface area contributed by atoms with Gasteiger partial charge in [-0.2, -0.15) is 0 Å². The third-order valence-electron chi connectivity index (χ3n) is 11.7. The number of carbonyl (C=O) groups is 3. The van der Waals surface area contributed by atoms with Gasteiger partial charge in [0.05, 0.1) is 50.9 Å². The number of nitro groups is 2. The summed E-state index contributed by atoms with van der Waals surface area (Å²) in [5.74, 6) is -0.565. The quantitative estimate of drug-likeness (QED) is 0.0506. The van der Waals surface area contributed by atoms with Crippen LogP contribution in [-0.2, 0) is 20.0 Å². The van der Waals surface area contributed by atoms with Gasteiger partial charge in [0.15, 0.2) is 0 Å². The van der Waals surface area contributed by atoms with Crippen LogP contribution >= 0.6 is 23.2 Å². The second-order valence-electron chi connectivity index (χ2n) is 17.1. The number of nitro benzene ring substituents is 2. The molecule has 400 valence electrons. The van der Waals surface area contributed by atoms with E-state index < -0.39 is 47.4 Å². The van der Waals surface area contributed by atoms with Gasteiger partial charge in [-0.1, -0.05) is 40.5 Å². The topological polar surface area (TPSA) is 311 Å². The number of benzene rings is 5. The number of aromatic nitrogens is 1. The highest BCUT2D eigenvalue weighted by molar-refractivity contribution is 7.92. The number of anilines is 6. The molecular weight excluding hydrogens is 1070 g/mol. The van der Waals surface area contributed by atoms with Crippen LogP contribution in [0, 0.1) is 27.2 Å². The molecule has 5 N–H and O–H groups in total. The lowest BCUT2D eigenvalue weighted by atomic mass is 10.0. The Hall–Kier alpha value is -8.04. The third kappa shape index (κ3) is 13.8. The number of sulfonamides is 2. The van der Waals surface area contributed by atoms with Crippen molar-refractivity contribution in [3.8, 4) is 17.0 Å². The molecular formula is C48H49Cl2N11O13S2. The Balaban J connectivity index is 0.000000242. The predicted molar refractivity (Wildman–Crippen MR) is 288 cm³/mol. The average Bonchev–Trinajstić information content (AvgIpc) is 3.77. The lowest BCUT2D eigenvalue weighted by Crippen LogP contribution is -2.49. The van der Waals surface area contributed by atoms with Crippen LogP contribution in [0.4, 0.5) is 45.5 Å². The zero-order valence-electron chi connectivity index (χ0n) is 41.0. The first-order valence-electron chi connectivity index (χ1n) is 22.8. The van der Waals surface area contributed by atoms with Gasteiger partial charge in [-0.25, -0.2) is 16.8 Å². The first-order valence-corrected chi connectivity index (χ1v) is 27.4. The number of piperazine rings is 2. The van der Waals surface area contributed by atoms with Crippen molar-refractivity contribution in [2.45, 2.75) is 6.92 Å². The lowest BCUT2D eigenvalue weighted by molar-refractivity contribution is -0.384. The second-order valence-corrected chi connectivity index (χ2v) is 21.5. The van der Waals surface area contributed by atoms with Gasteiger partial charge < -0.3 is 39.9 Å². The summed E-state index contributed by atoms with van der Waals surface area (Å²) in [4.78, 5) is 66.9. The standard InChI is InChI=1S/C30H29ClN6O8S.C18H20ClN5O5S/c1-18-27(28(33-45-18)21-6-4-5-7-26(21)44-2)30(39)36-14-12-35(13-15-36)24-17-23(25(37(40)41)16-22(24)31)32-29(38)19-8-10-20(11-9-19)34-46(3,42)43;1-30(28,29)22-13-4-2-12(3-5-13)18(25)21-15-11-16(23-8-6-20-7-9-23)14(19)10-17(15)24(26)27/h4-11,16-17,34H,12-15H2,1-3H3,(H,32,38);2-5,10-11,20,22H,6-9H2,1H3,(H,21,25). The molecule has 0 atom stereocenters. The summed E-state index contributed by atoms with van der Waals surface area (Å²) in [7, 11) is -5.42. The van der Waals surface area contributed by atoms with Crippen LogP contribution in [0.1, 0.15) is 36.8 Å². The number of hydrogen-bond donors (Lipinski definition) is 5. The Morgan fingerprint density at radius 2 is 1.13 bits per heavy atom. The molecule has 2 aliphatic heterocycles. The van der Waals surface area contributed by atoms with Crippen LogP contribution in [0.5, 0.6) is 5.75 Å². The van der Waals surface area contributed by atoms with Gasteiger partial charge in [-0.3, -0.25) is 44.1 Å². The molecule has 5 aromatic carbocycles. The molecule has 8 rings (SSSR count). The van der Waals surface area contributed by atoms with Crippen LogP contribution in [0.2, 0.25) is 10.0 Å². The molecule has 28 heteroatoms. The largest absolute Gasteiger partial charge is 0.496 e. The number of methoxy groups -OCH3 is 1. The van der Waals surface area contributed by atoms with Gasteiger partial charge in [-0.15, -0.1) is 0 Å². The van der Waals surface area contributed by atoms with E-state index >= 15 is 0 Å². The summed E-state index contributed by atoms with van der Waals surface area (Å²) in [6.07, 6.45) is 2.02. The van der Waals surface area contributed by atoms with E-state index in [4.69, 9.17) is 32.5 Å². The maximum Gasteiger partial charge on any atom is 0.294 e. The minimum absolute atomic E-state index is 0.0290. The van der Waals surface area contributed by atoms with Gasteiger partial charge in [0.1, 0.15) is 34.1 Å². The van der Waals surface area contributed by atoms with E-state index in [2.05, 4.69) is 30.6 Å². The van der Waals surface area contributed by atoms with Crippen molar-refractivity contribution in [1.82, 2.24) is 15.4 Å². The molecule has 0 bridgehead atoms. The Labute approximate surface area is 445 Å². The minimum Gasteiger partial charge on any atom is -0.496 e. The molecule has 24 nitrogen and oxygen atoms in total. The smallest absolute Gasteiger partial charge is 0.294 e. The first kappa shape index (κ1) is 55.7. The fourth-order valence-electron chi connectivity index (χ4n) is 8.15. The average molecular weight is 1120 g/mol. The Kier molecular flexibility index (Phi) is 17.3. The summed E-state index contributed by atoms with van der Waals surface area (Å²) in [5.41, 5.74) is 2.52. The normalized spacial score (nSPS) is 13.7. The zero-order valence-corrected chi connectivity index (χ0v) is 44.1. The molecule has 76 heavy (non-hydrogen) atoms. The van der Waals surface area contributed by atoms with Crippen LogP contribution < -0.4 is 39.9 Å². The molecule has 0 radical (unpaired) electrons. The molecule has 0 unspecified atom stereocenters. The van der Waals surface area contributed by atoms with Crippen LogP contribution in [0.25, 0.3) is 11.3 Å². The summed E-state index contributed by atoms with van der Waals surface area (Å²) in [5, 5.41) is 36.1. The molecule has 3 amide bonds. The van der Waals surface area contributed by atoms with Gasteiger partial charge in [0.25, 0.3) is 29.1 Å². The van der Waals surface area contributed by atoms with Crippen molar-refractivity contribution in [3.05, 3.63) is 150 Å². The summed E-state index contributed by atoms with van der Waals surface area (Å²) in [6, 6.07) is 23.8. The Morgan fingerprint density at radius 3 is 1.57 bits per heavy atom. The highest BCUT2D eigenvalue weighted by atomic mass is 35.5. The first-order chi connectivity index (χ1) is 36.0. The molecule has 6 aromatic rings. The maximum atomic E-state index is 13.7. The number of rotatable bonds is 15. The van der Waals surface area contributed by atoms with Gasteiger partial charge >= 0.3 is 0 Å². The molecule has 0 aliphatic carbocycles. The van der Waals surface area contributed by atoms with Gasteiger partial charge in [0.2, 0.25) is 20.0 Å². The SMILES string of the molecule is COc1ccccc1-c1noc(C)c1C(=O)N1CCN(c2cc(NC(=O)c3ccc(NS(C)(=O)=O)cc3)c([N+](=O)[O-])cc2Cl)CC1.CS(=O)(=O)Nc1ccc(C(=O)Nc2cc(N3CCNCC3)c(Cl)cc2[N+](=O)[O-])cc1. The fraction of sp³-hybridized carbons (Fsp3) is 0.250. The molecule has 0 saturated carbocycles. The van der Waals surface area contributed by atoms with Gasteiger partial charge in [0, 0.05) is 92.6 Å². The van der Waals surface area contributed by atoms with Gasteiger partial charge in [-0.05, 0) is 79.7 Å². The van der Waals surface area contributed by atoms with E-state index in [0.29, 0.717) is 84.7 Å². The van der Waals surface area contributed by atoms with Crippen molar-refractivity contribution >= 4 is 106 Å². The molecule has 1 aromatic heterocycles. The second kappa shape index (κ2) is 23.7. The van der Waals surface area contributed by atoms with Crippen molar-refractivity contribution in [2.75, 3.05) is 102 Å². The predicted octanol–water partition coefficient (Wildman–Crippen LogP) is 7.09. The molecule has 2 aliphatic rings. The Bertz CT molecular complexity index is 3430. The van der Waals surface area contributed by atoms with E-state index in [1.54, 1.807) is 24.0 Å². The zero-order chi connectivity index (χ0) is 55.1. The number of carbonyl (C=O) groups excluding carboxylic acids is 3. The van der Waals surface area contributed by atoms with Crippen LogP contribution in [0.15, 0.2) is 102 Å². The number of amides is 3. The maximum absolute atomic E-state index is 13.7. The number of aryl methyl sites for hydroxylation is 1. The molecule has 0 spiro atoms. The molecule has 2 saturated heterocycles. The number of hydrogen-bond acceptors (Lipinski definition) is 17. The Morgan fingerprint density at radius 1 is 0.684 bits per heavy atom. The van der Waals surface area contributed by atoms with Crippen molar-refractivity contribution < 1.29 is 50.3 Å². The summed E-state index contributed by atoms with van der Waals surface area (Å²) < 4.78 is 60.9. The lowest BCUT2D eigenvalue weighted by Gasteiger charge is -2.36. The number of halogens is 2. The van der Waals surface area contributed by atoms with E-state index in [1.807, 2.05) is 21.9 Å². The van der Waals surface area contributed by atoms with Crippen LogP contribution in [0.3, 0.4) is 0 Å². The minimum atomic E-state index is -3.51. The number of ether oxygens (including phenoxy) is 1. The van der Waals surface area contributed by atoms with Crippen molar-refractivity contribution in [3.63, 3.8) is 0 Å². The number of para-hydroxylation sites is 1. The highest BCUT2D eigenvalue weighted by Crippen LogP contribution is 2.39. The fourth-order valence-corrected chi connectivity index (χ4v) is 9.83. The van der Waals surface area contributed by atoms with E-state index in [9.17, 15) is 51.4 Å². The van der Waals surface area contributed by atoms with Crippen molar-refractivity contribution in [1.29, 1.82) is 0 Å². The van der Waals surface area contributed by atoms with Crippen molar-refractivity contribution in [2.24, 2.45) is 0 Å². The summed E-state index contributed by atoms with van der Waals surface area (Å²) >= 11 is 12.8. The van der Waals surface area contributed by atoms with E-state index in [0.717, 1.165) is 25.6 Å². The number of nitrogens with zero attached hydrogens (tertiary/aromatic N) is 6. The number of nitrogens with one attached hydrogen (secondary N) is 5. The van der Waals surface area contributed by atoms with E-state index in [1.165, 1.54) is 79.9 Å². The van der Waals surface area contributed by atoms with E-state index in [-0.39, 0.29) is 49.8 Å². The van der Waals surface area contributed by atoms with Crippen LogP contribution in [-0.4, -0.2) is 126 Å². The molecule has 3 heterocycles. The highest BCUT2D eigenvalue weighted by Gasteiger charge is 2.32. The third-order valence-corrected chi connectivity index (χ3v) is 13.5. The monoisotopic (exact) mass is 1120 g/mol.